The average Bonchev–Trinajstić information content (AvgIpc) is 3.09. The molecule has 0 amide bonds. The van der Waals surface area contributed by atoms with Gasteiger partial charge in [0.25, 0.3) is 0 Å². The zero-order valence-corrected chi connectivity index (χ0v) is 21.9. The first-order valence-corrected chi connectivity index (χ1v) is 13.5. The highest BCUT2D eigenvalue weighted by molar-refractivity contribution is 7.89. The van der Waals surface area contributed by atoms with E-state index in [1.807, 2.05) is 25.7 Å². The van der Waals surface area contributed by atoms with Crippen molar-refractivity contribution in [3.8, 4) is 17.3 Å². The lowest BCUT2D eigenvalue weighted by molar-refractivity contribution is -0.729. The summed E-state index contributed by atoms with van der Waals surface area (Å²) in [5.74, 6) is 0.456. The lowest BCUT2D eigenvalue weighted by atomic mass is 10.2. The molecule has 0 aromatic carbocycles. The van der Waals surface area contributed by atoms with Crippen LogP contribution in [0.3, 0.4) is 0 Å². The van der Waals surface area contributed by atoms with Crippen LogP contribution < -0.4 is 15.0 Å². The highest BCUT2D eigenvalue weighted by Crippen LogP contribution is 2.30. The van der Waals surface area contributed by atoms with E-state index >= 15 is 0 Å². The number of piperazine rings is 1. The fraction of sp³-hybridized carbons (Fsp3) is 0.565. The van der Waals surface area contributed by atoms with Crippen molar-refractivity contribution in [1.82, 2.24) is 28.8 Å². The lowest BCUT2D eigenvalue weighted by Crippen LogP contribution is -2.48. The summed E-state index contributed by atoms with van der Waals surface area (Å²) in [6, 6.07) is 1.51. The number of likely N-dealkylation sites (N-methyl/N-ethyl adjacent to an activating group) is 1. The van der Waals surface area contributed by atoms with Gasteiger partial charge in [-0.25, -0.2) is 18.4 Å². The van der Waals surface area contributed by atoms with Crippen LogP contribution in [0.5, 0.6) is 5.88 Å². The number of fused-ring (bicyclic) bond motifs is 1. The lowest BCUT2D eigenvalue weighted by Gasteiger charge is -2.33. The van der Waals surface area contributed by atoms with Gasteiger partial charge in [0, 0.05) is 26.2 Å². The second-order valence-corrected chi connectivity index (χ2v) is 10.6. The van der Waals surface area contributed by atoms with E-state index in [0.29, 0.717) is 49.4 Å². The molecule has 0 aliphatic carbocycles. The number of ether oxygens (including phenoxy) is 1. The summed E-state index contributed by atoms with van der Waals surface area (Å²) in [7, 11) is -0.0578. The standard InChI is InChI=1S/C23H33N7O4S/c1-6-9-18-19-20(28(5)27(18)4)22(31)26-21(25-19)17-14-16(15-24-23(17)34-8-3)35(32,33)30-12-10-29(7-2)11-13-30/h14-15H,6-13H2,1-5H3/p+1. The van der Waals surface area contributed by atoms with Crippen LogP contribution in [0.4, 0.5) is 0 Å². The zero-order valence-electron chi connectivity index (χ0n) is 21.0. The van der Waals surface area contributed by atoms with Crippen LogP contribution in [-0.2, 0) is 30.5 Å². The predicted molar refractivity (Wildman–Crippen MR) is 132 cm³/mol. The molecule has 1 saturated heterocycles. The first-order chi connectivity index (χ1) is 16.7. The monoisotopic (exact) mass is 504 g/mol. The molecule has 190 valence electrons. The second-order valence-electron chi connectivity index (χ2n) is 8.65. The Balaban J connectivity index is 1.84. The summed E-state index contributed by atoms with van der Waals surface area (Å²) >= 11 is 0. The SMILES string of the molecule is CCCc1c2nc(-c3cc(S(=O)(=O)N4CCN(CC)CC4)cnc3OCC)[nH]c(=O)c2[n+](C)n1C. The minimum atomic E-state index is -3.77. The molecule has 1 aliphatic heterocycles. The van der Waals surface area contributed by atoms with Gasteiger partial charge in [0.2, 0.25) is 15.9 Å². The molecule has 0 bridgehead atoms. The topological polar surface area (TPSA) is 117 Å². The largest absolute Gasteiger partial charge is 0.477 e. The molecule has 3 aromatic rings. The maximum Gasteiger partial charge on any atom is 0.326 e. The molecule has 4 rings (SSSR count). The van der Waals surface area contributed by atoms with Crippen molar-refractivity contribution in [2.45, 2.75) is 38.5 Å². The predicted octanol–water partition coefficient (Wildman–Crippen LogP) is 0.826. The van der Waals surface area contributed by atoms with Crippen molar-refractivity contribution < 1.29 is 17.8 Å². The van der Waals surface area contributed by atoms with E-state index < -0.39 is 10.0 Å². The smallest absolute Gasteiger partial charge is 0.326 e. The van der Waals surface area contributed by atoms with Gasteiger partial charge in [-0.2, -0.15) is 8.99 Å². The number of nitrogens with zero attached hydrogens (tertiary/aromatic N) is 6. The fourth-order valence-electron chi connectivity index (χ4n) is 4.53. The van der Waals surface area contributed by atoms with E-state index in [2.05, 4.69) is 28.7 Å². The van der Waals surface area contributed by atoms with Crippen molar-refractivity contribution in [2.75, 3.05) is 39.3 Å². The molecular weight excluding hydrogens is 470 g/mol. The fourth-order valence-corrected chi connectivity index (χ4v) is 5.92. The molecule has 0 saturated carbocycles. The first kappa shape index (κ1) is 25.3. The van der Waals surface area contributed by atoms with E-state index in [9.17, 15) is 13.2 Å². The van der Waals surface area contributed by atoms with Gasteiger partial charge in [-0.05, 0) is 26.0 Å². The first-order valence-electron chi connectivity index (χ1n) is 12.1. The van der Waals surface area contributed by atoms with Crippen LogP contribution in [0, 0.1) is 0 Å². The van der Waals surface area contributed by atoms with Crippen molar-refractivity contribution in [1.29, 1.82) is 0 Å². The third-order valence-electron chi connectivity index (χ3n) is 6.60. The number of sulfonamides is 1. The highest BCUT2D eigenvalue weighted by Gasteiger charge is 2.30. The van der Waals surface area contributed by atoms with Crippen LogP contribution in [0.25, 0.3) is 22.4 Å². The van der Waals surface area contributed by atoms with E-state index in [1.54, 1.807) is 4.68 Å². The molecule has 0 spiro atoms. The van der Waals surface area contributed by atoms with Gasteiger partial charge >= 0.3 is 11.1 Å². The van der Waals surface area contributed by atoms with Crippen LogP contribution >= 0.6 is 0 Å². The summed E-state index contributed by atoms with van der Waals surface area (Å²) in [6.45, 7) is 9.38. The molecule has 1 aliphatic rings. The number of H-pyrrole nitrogens is 1. The molecule has 3 aromatic heterocycles. The summed E-state index contributed by atoms with van der Waals surface area (Å²) in [6.07, 6.45) is 2.96. The molecule has 1 N–H and O–H groups in total. The van der Waals surface area contributed by atoms with Crippen molar-refractivity contribution in [2.24, 2.45) is 14.1 Å². The quantitative estimate of drug-likeness (QED) is 0.452. The van der Waals surface area contributed by atoms with E-state index in [-0.39, 0.29) is 22.2 Å². The number of pyridine rings is 1. The molecule has 11 nitrogen and oxygen atoms in total. The summed E-state index contributed by atoms with van der Waals surface area (Å²) in [4.78, 5) is 27.3. The summed E-state index contributed by atoms with van der Waals surface area (Å²) in [5.41, 5.74) is 2.01. The Labute approximate surface area is 205 Å². The second kappa shape index (κ2) is 10.0. The number of hydrogen-bond acceptors (Lipinski definition) is 7. The van der Waals surface area contributed by atoms with Gasteiger partial charge in [-0.1, -0.05) is 20.3 Å². The van der Waals surface area contributed by atoms with Crippen LogP contribution in [-0.4, -0.2) is 76.6 Å². The average molecular weight is 505 g/mol. The van der Waals surface area contributed by atoms with Gasteiger partial charge < -0.3 is 14.6 Å². The van der Waals surface area contributed by atoms with Gasteiger partial charge in [-0.3, -0.25) is 4.79 Å². The van der Waals surface area contributed by atoms with Gasteiger partial charge in [0.05, 0.1) is 25.4 Å². The van der Waals surface area contributed by atoms with Crippen molar-refractivity contribution >= 4 is 21.1 Å². The Morgan fingerprint density at radius 2 is 1.89 bits per heavy atom. The molecule has 1 fully saturated rings. The number of aromatic nitrogens is 5. The minimum absolute atomic E-state index is 0.0519. The van der Waals surface area contributed by atoms with Crippen LogP contribution in [0.2, 0.25) is 0 Å². The number of aryl methyl sites for hydroxylation is 2. The maximum atomic E-state index is 13.4. The minimum Gasteiger partial charge on any atom is -0.477 e. The molecule has 0 unspecified atom stereocenters. The maximum absolute atomic E-state index is 13.4. The Morgan fingerprint density at radius 3 is 2.51 bits per heavy atom. The Morgan fingerprint density at radius 1 is 1.17 bits per heavy atom. The molecule has 0 atom stereocenters. The highest BCUT2D eigenvalue weighted by atomic mass is 32.2. The van der Waals surface area contributed by atoms with Crippen LogP contribution in [0.1, 0.15) is 32.9 Å². The third-order valence-corrected chi connectivity index (χ3v) is 8.46. The van der Waals surface area contributed by atoms with Crippen LogP contribution in [0.15, 0.2) is 22.0 Å². The van der Waals surface area contributed by atoms with E-state index in [0.717, 1.165) is 25.1 Å². The third kappa shape index (κ3) is 4.57. The Kier molecular flexibility index (Phi) is 7.25. The summed E-state index contributed by atoms with van der Waals surface area (Å²) < 4.78 is 37.7. The number of aromatic amines is 1. The molecular formula is C23H34N7O4S+. The van der Waals surface area contributed by atoms with E-state index in [1.165, 1.54) is 16.6 Å². The Hall–Kier alpha value is -2.83. The van der Waals surface area contributed by atoms with Gasteiger partial charge in [0.1, 0.15) is 16.4 Å². The molecule has 0 radical (unpaired) electrons. The Bertz CT molecular complexity index is 1390. The molecule has 12 heteroatoms. The summed E-state index contributed by atoms with van der Waals surface area (Å²) in [5, 5.41) is 0. The normalized spacial score (nSPS) is 15.7. The van der Waals surface area contributed by atoms with Crippen molar-refractivity contribution in [3.05, 3.63) is 28.3 Å². The molecule has 35 heavy (non-hydrogen) atoms. The van der Waals surface area contributed by atoms with Gasteiger partial charge in [-0.15, -0.1) is 4.68 Å². The number of rotatable bonds is 8. The molecule has 4 heterocycles. The van der Waals surface area contributed by atoms with Crippen molar-refractivity contribution in [3.63, 3.8) is 0 Å². The zero-order chi connectivity index (χ0) is 25.3. The number of hydrogen-bond donors (Lipinski definition) is 1. The number of nitrogens with one attached hydrogen (secondary N) is 1. The van der Waals surface area contributed by atoms with E-state index in [4.69, 9.17) is 9.72 Å². The van der Waals surface area contributed by atoms with Gasteiger partial charge in [0.15, 0.2) is 12.6 Å².